The van der Waals surface area contributed by atoms with Crippen molar-refractivity contribution in [3.63, 3.8) is 0 Å². The molecule has 7 nitrogen and oxygen atoms in total. The minimum atomic E-state index is -0.874. The number of amides is 2. The molecule has 2 aromatic carbocycles. The lowest BCUT2D eigenvalue weighted by molar-refractivity contribution is -0.142. The first-order chi connectivity index (χ1) is 15.9. The smallest absolute Gasteiger partial charge is 0.407 e. The van der Waals surface area contributed by atoms with Crippen molar-refractivity contribution in [3.8, 4) is 11.1 Å². The third-order valence-electron chi connectivity index (χ3n) is 6.86. The standard InChI is InChI=1S/C26H30N2O5/c1-3-17(12-24(29)28-13-16(2)22(14-28)25(30)31)27-26(32)33-15-23-20-10-6-4-8-18(20)19-9-5-7-11-21(19)23/h4-11,16-17,22-23H,3,12-15H2,1-2H3,(H,27,32)(H,30,31)/t16-,17+,22-/m1/s1. The van der Waals surface area contributed by atoms with E-state index in [1.165, 1.54) is 11.1 Å². The first-order valence-electron chi connectivity index (χ1n) is 11.5. The number of hydrogen-bond donors (Lipinski definition) is 2. The molecule has 0 saturated carbocycles. The average Bonchev–Trinajstić information content (AvgIpc) is 3.35. The Labute approximate surface area is 193 Å². The Morgan fingerprint density at radius 2 is 1.67 bits per heavy atom. The lowest BCUT2D eigenvalue weighted by atomic mass is 9.98. The van der Waals surface area contributed by atoms with Crippen LogP contribution in [0.4, 0.5) is 4.79 Å². The number of carboxylic acid groups (broad SMARTS) is 1. The number of carbonyl (C=O) groups is 3. The zero-order valence-corrected chi connectivity index (χ0v) is 19.0. The van der Waals surface area contributed by atoms with Crippen LogP contribution in [0.3, 0.4) is 0 Å². The Morgan fingerprint density at radius 3 is 2.21 bits per heavy atom. The van der Waals surface area contributed by atoms with Gasteiger partial charge in [0.15, 0.2) is 0 Å². The van der Waals surface area contributed by atoms with Crippen LogP contribution in [-0.2, 0) is 14.3 Å². The molecule has 0 spiro atoms. The SMILES string of the molecule is CC[C@@H](CC(=O)N1C[C@@H](C)[C@H](C(=O)O)C1)NC(=O)OCC1c2ccccc2-c2ccccc21. The van der Waals surface area contributed by atoms with Crippen molar-refractivity contribution in [2.45, 2.75) is 38.6 Å². The van der Waals surface area contributed by atoms with Crippen molar-refractivity contribution in [2.24, 2.45) is 11.8 Å². The van der Waals surface area contributed by atoms with E-state index in [1.54, 1.807) is 4.90 Å². The molecule has 7 heteroatoms. The van der Waals surface area contributed by atoms with Crippen LogP contribution in [0, 0.1) is 11.8 Å². The third-order valence-corrected chi connectivity index (χ3v) is 6.86. The van der Waals surface area contributed by atoms with Gasteiger partial charge in [-0.2, -0.15) is 0 Å². The maximum absolute atomic E-state index is 12.7. The first-order valence-corrected chi connectivity index (χ1v) is 11.5. The molecule has 1 fully saturated rings. The highest BCUT2D eigenvalue weighted by atomic mass is 16.5. The number of ether oxygens (including phenoxy) is 1. The number of carboxylic acids is 1. The molecule has 2 amide bonds. The summed E-state index contributed by atoms with van der Waals surface area (Å²) in [4.78, 5) is 38.2. The molecule has 1 aliphatic carbocycles. The van der Waals surface area contributed by atoms with Crippen LogP contribution in [-0.4, -0.2) is 53.7 Å². The molecular weight excluding hydrogens is 420 g/mol. The number of likely N-dealkylation sites (tertiary alicyclic amines) is 1. The van der Waals surface area contributed by atoms with E-state index in [2.05, 4.69) is 29.6 Å². The van der Waals surface area contributed by atoms with Crippen LogP contribution in [0.5, 0.6) is 0 Å². The minimum Gasteiger partial charge on any atom is -0.481 e. The van der Waals surface area contributed by atoms with Crippen molar-refractivity contribution in [3.05, 3.63) is 59.7 Å². The lowest BCUT2D eigenvalue weighted by Crippen LogP contribution is -2.40. The summed E-state index contributed by atoms with van der Waals surface area (Å²) in [5.74, 6) is -1.66. The maximum atomic E-state index is 12.7. The molecule has 3 atom stereocenters. The zero-order valence-electron chi connectivity index (χ0n) is 19.0. The summed E-state index contributed by atoms with van der Waals surface area (Å²) in [6.45, 7) is 4.61. The molecule has 0 unspecified atom stereocenters. The number of nitrogens with zero attached hydrogens (tertiary/aromatic N) is 1. The van der Waals surface area contributed by atoms with Gasteiger partial charge in [-0.05, 0) is 34.6 Å². The van der Waals surface area contributed by atoms with E-state index in [9.17, 15) is 19.5 Å². The van der Waals surface area contributed by atoms with Gasteiger partial charge in [-0.1, -0.05) is 62.4 Å². The summed E-state index contributed by atoms with van der Waals surface area (Å²) in [7, 11) is 0. The van der Waals surface area contributed by atoms with E-state index in [0.717, 1.165) is 11.1 Å². The van der Waals surface area contributed by atoms with E-state index in [0.29, 0.717) is 13.0 Å². The fraction of sp³-hybridized carbons (Fsp3) is 0.423. The van der Waals surface area contributed by atoms with Crippen molar-refractivity contribution in [1.29, 1.82) is 0 Å². The van der Waals surface area contributed by atoms with Crippen molar-refractivity contribution >= 4 is 18.0 Å². The second kappa shape index (κ2) is 9.65. The van der Waals surface area contributed by atoms with Crippen molar-refractivity contribution in [2.75, 3.05) is 19.7 Å². The summed E-state index contributed by atoms with van der Waals surface area (Å²) in [6.07, 6.45) is 0.149. The third kappa shape index (κ3) is 4.72. The van der Waals surface area contributed by atoms with E-state index in [4.69, 9.17) is 4.74 Å². The van der Waals surface area contributed by atoms with Crippen molar-refractivity contribution in [1.82, 2.24) is 10.2 Å². The second-order valence-corrected chi connectivity index (χ2v) is 9.00. The van der Waals surface area contributed by atoms with E-state index in [1.807, 2.05) is 38.1 Å². The minimum absolute atomic E-state index is 0.0242. The van der Waals surface area contributed by atoms with Gasteiger partial charge >= 0.3 is 12.1 Å². The first kappa shape index (κ1) is 22.8. The van der Waals surface area contributed by atoms with E-state index in [-0.39, 0.29) is 43.4 Å². The summed E-state index contributed by atoms with van der Waals surface area (Å²) in [6, 6.07) is 15.9. The topological polar surface area (TPSA) is 95.9 Å². The number of fused-ring (bicyclic) bond motifs is 3. The Morgan fingerprint density at radius 1 is 1.06 bits per heavy atom. The molecule has 174 valence electrons. The Kier molecular flexibility index (Phi) is 6.67. The largest absolute Gasteiger partial charge is 0.481 e. The zero-order chi connectivity index (χ0) is 23.5. The summed E-state index contributed by atoms with van der Waals surface area (Å²) in [5, 5.41) is 12.1. The number of hydrogen-bond acceptors (Lipinski definition) is 4. The molecule has 0 radical (unpaired) electrons. The highest BCUT2D eigenvalue weighted by molar-refractivity contribution is 5.81. The molecule has 2 aromatic rings. The van der Waals surface area contributed by atoms with Gasteiger partial charge in [0.1, 0.15) is 6.61 Å². The summed E-state index contributed by atoms with van der Waals surface area (Å²) >= 11 is 0. The molecule has 1 aliphatic heterocycles. The van der Waals surface area contributed by atoms with Gasteiger partial charge in [0.2, 0.25) is 5.91 Å². The maximum Gasteiger partial charge on any atom is 0.407 e. The summed E-state index contributed by atoms with van der Waals surface area (Å²) < 4.78 is 5.59. The number of aliphatic carboxylic acids is 1. The number of rotatable bonds is 7. The van der Waals surface area contributed by atoms with Gasteiger partial charge in [0.25, 0.3) is 0 Å². The van der Waals surface area contributed by atoms with Crippen LogP contribution in [0.1, 0.15) is 43.7 Å². The number of benzene rings is 2. The van der Waals surface area contributed by atoms with Crippen LogP contribution in [0.2, 0.25) is 0 Å². The van der Waals surface area contributed by atoms with Crippen molar-refractivity contribution < 1.29 is 24.2 Å². The van der Waals surface area contributed by atoms with Gasteiger partial charge in [0, 0.05) is 31.5 Å². The van der Waals surface area contributed by atoms with E-state index < -0.39 is 18.0 Å². The predicted octanol–water partition coefficient (Wildman–Crippen LogP) is 3.87. The molecule has 2 N–H and O–H groups in total. The van der Waals surface area contributed by atoms with Crippen LogP contribution < -0.4 is 5.32 Å². The monoisotopic (exact) mass is 450 g/mol. The number of nitrogens with one attached hydrogen (secondary N) is 1. The van der Waals surface area contributed by atoms with Gasteiger partial charge in [-0.3, -0.25) is 9.59 Å². The Bertz CT molecular complexity index is 1010. The Balaban J connectivity index is 1.33. The number of carbonyl (C=O) groups excluding carboxylic acids is 2. The average molecular weight is 451 g/mol. The molecule has 1 saturated heterocycles. The Hall–Kier alpha value is -3.35. The molecule has 2 aliphatic rings. The van der Waals surface area contributed by atoms with Gasteiger partial charge in [0.05, 0.1) is 5.92 Å². The fourth-order valence-corrected chi connectivity index (χ4v) is 4.94. The predicted molar refractivity (Wildman–Crippen MR) is 124 cm³/mol. The van der Waals surface area contributed by atoms with Gasteiger partial charge < -0.3 is 20.1 Å². The molecule has 1 heterocycles. The number of alkyl carbamates (subject to hydrolysis) is 1. The summed E-state index contributed by atoms with van der Waals surface area (Å²) in [5.41, 5.74) is 4.62. The lowest BCUT2D eigenvalue weighted by Gasteiger charge is -2.22. The molecule has 33 heavy (non-hydrogen) atoms. The van der Waals surface area contributed by atoms with Crippen LogP contribution >= 0.6 is 0 Å². The fourth-order valence-electron chi connectivity index (χ4n) is 4.94. The molecule has 0 bridgehead atoms. The molecule has 0 aromatic heterocycles. The molecule has 4 rings (SSSR count). The van der Waals surface area contributed by atoms with Crippen LogP contribution in [0.25, 0.3) is 11.1 Å². The highest BCUT2D eigenvalue weighted by Gasteiger charge is 2.37. The normalized spacial score (nSPS) is 20.1. The molecular formula is C26H30N2O5. The van der Waals surface area contributed by atoms with E-state index >= 15 is 0 Å². The van der Waals surface area contributed by atoms with Gasteiger partial charge in [-0.25, -0.2) is 4.79 Å². The second-order valence-electron chi connectivity index (χ2n) is 9.00. The van der Waals surface area contributed by atoms with Crippen LogP contribution in [0.15, 0.2) is 48.5 Å². The highest BCUT2D eigenvalue weighted by Crippen LogP contribution is 2.44. The quantitative estimate of drug-likeness (QED) is 0.668. The van der Waals surface area contributed by atoms with Gasteiger partial charge in [-0.15, -0.1) is 0 Å².